The number of rotatable bonds is 2. The van der Waals surface area contributed by atoms with Gasteiger partial charge >= 0.3 is 0 Å². The monoisotopic (exact) mass is 390 g/mol. The van der Waals surface area contributed by atoms with Crippen molar-refractivity contribution in [3.8, 4) is 11.3 Å². The lowest BCUT2D eigenvalue weighted by molar-refractivity contribution is -0.659. The molecule has 1 aliphatic carbocycles. The molecule has 3 aromatic rings. The average Bonchev–Trinajstić information content (AvgIpc) is 2.68. The minimum atomic E-state index is -0.102. The summed E-state index contributed by atoms with van der Waals surface area (Å²) in [6.45, 7) is 10.7. The van der Waals surface area contributed by atoms with Gasteiger partial charge in [-0.1, -0.05) is 32.0 Å². The number of aromatic nitrogens is 1. The summed E-state index contributed by atoms with van der Waals surface area (Å²) in [5.74, 6) is 0.541. The molecule has 0 saturated heterocycles. The smallest absolute Gasteiger partial charge is 0.206 e. The fraction of sp³-hybridized carbons (Fsp3) is 0.444. The summed E-state index contributed by atoms with van der Waals surface area (Å²) >= 11 is 0. The Labute approximate surface area is 174 Å². The summed E-state index contributed by atoms with van der Waals surface area (Å²) in [5.41, 5.74) is 6.49. The summed E-state index contributed by atoms with van der Waals surface area (Å²) in [4.78, 5) is 0. The second-order valence-corrected chi connectivity index (χ2v) is 9.88. The molecule has 1 nitrogen and oxygen atoms in total. The van der Waals surface area contributed by atoms with Crippen LogP contribution in [-0.2, 0) is 7.05 Å². The number of pyridine rings is 1. The minimum absolute atomic E-state index is 0.102. The van der Waals surface area contributed by atoms with E-state index in [0.717, 1.165) is 27.8 Å². The highest BCUT2D eigenvalue weighted by atomic mass is 19.1. The molecule has 0 radical (unpaired) electrons. The second-order valence-electron chi connectivity index (χ2n) is 9.88. The zero-order valence-corrected chi connectivity index (χ0v) is 18.7. The molecule has 1 heterocycles. The van der Waals surface area contributed by atoms with Crippen LogP contribution in [0.25, 0.3) is 22.0 Å². The molecule has 29 heavy (non-hydrogen) atoms. The van der Waals surface area contributed by atoms with Crippen LogP contribution in [0.3, 0.4) is 0 Å². The molecule has 2 aromatic carbocycles. The molecule has 1 aliphatic rings. The van der Waals surface area contributed by atoms with Crippen molar-refractivity contribution in [2.75, 3.05) is 0 Å². The lowest BCUT2D eigenvalue weighted by Crippen LogP contribution is -2.31. The lowest BCUT2D eigenvalue weighted by Gasteiger charge is -2.34. The van der Waals surface area contributed by atoms with Crippen molar-refractivity contribution < 1.29 is 8.96 Å². The zero-order valence-electron chi connectivity index (χ0n) is 18.7. The van der Waals surface area contributed by atoms with Crippen LogP contribution >= 0.6 is 0 Å². The van der Waals surface area contributed by atoms with Crippen LogP contribution in [0.5, 0.6) is 0 Å². The largest absolute Gasteiger partial charge is 0.223 e. The molecule has 1 saturated carbocycles. The van der Waals surface area contributed by atoms with Crippen LogP contribution < -0.4 is 4.57 Å². The maximum absolute atomic E-state index is 15.3. The molecule has 0 atom stereocenters. The van der Waals surface area contributed by atoms with Crippen molar-refractivity contribution in [1.82, 2.24) is 0 Å². The Balaban J connectivity index is 1.85. The summed E-state index contributed by atoms with van der Waals surface area (Å²) in [6.07, 6.45) is 7.17. The Hall–Kier alpha value is -2.22. The van der Waals surface area contributed by atoms with Crippen LogP contribution in [0.4, 0.5) is 4.39 Å². The molecule has 1 aromatic heterocycles. The summed E-state index contributed by atoms with van der Waals surface area (Å²) in [6, 6.07) is 11.0. The third kappa shape index (κ3) is 3.58. The van der Waals surface area contributed by atoms with Gasteiger partial charge in [-0.15, -0.1) is 0 Å². The Bertz CT molecular complexity index is 1060. The van der Waals surface area contributed by atoms with E-state index >= 15 is 4.39 Å². The molecule has 4 rings (SSSR count). The first-order valence-electron chi connectivity index (χ1n) is 10.9. The van der Waals surface area contributed by atoms with Gasteiger partial charge in [0.2, 0.25) is 5.69 Å². The fourth-order valence-electron chi connectivity index (χ4n) is 5.03. The zero-order chi connectivity index (χ0) is 20.9. The standard InChI is InChI=1S/C27H33FN/c1-17-15-18(2)25(28)24(19(17)3)26-23-8-7-21(16-22(23)11-14-29(26)6)20-9-12-27(4,5)13-10-20/h7-8,11,14-16,20H,9-10,12-13H2,1-6H3/q+1. The van der Waals surface area contributed by atoms with Crippen molar-refractivity contribution >= 4 is 10.8 Å². The fourth-order valence-corrected chi connectivity index (χ4v) is 5.03. The maximum atomic E-state index is 15.3. The van der Waals surface area contributed by atoms with E-state index < -0.39 is 0 Å². The number of hydrogen-bond acceptors (Lipinski definition) is 0. The van der Waals surface area contributed by atoms with Gasteiger partial charge in [0.05, 0.1) is 10.9 Å². The number of hydrogen-bond donors (Lipinski definition) is 0. The molecule has 152 valence electrons. The molecule has 0 unspecified atom stereocenters. The van der Waals surface area contributed by atoms with Crippen molar-refractivity contribution in [2.45, 2.75) is 66.2 Å². The molecule has 1 fully saturated rings. The Kier molecular flexibility index (Phi) is 5.01. The van der Waals surface area contributed by atoms with Crippen LogP contribution in [0.1, 0.15) is 67.7 Å². The molecule has 0 N–H and O–H groups in total. The predicted molar refractivity (Wildman–Crippen MR) is 120 cm³/mol. The highest BCUT2D eigenvalue weighted by molar-refractivity contribution is 5.94. The number of benzene rings is 2. The molecular formula is C27H33FN+. The van der Waals surface area contributed by atoms with Crippen molar-refractivity contribution in [2.24, 2.45) is 12.5 Å². The topological polar surface area (TPSA) is 3.88 Å². The van der Waals surface area contributed by atoms with Gasteiger partial charge in [0.1, 0.15) is 12.9 Å². The molecule has 2 heteroatoms. The van der Waals surface area contributed by atoms with Gasteiger partial charge in [0.15, 0.2) is 6.20 Å². The van der Waals surface area contributed by atoms with Gasteiger partial charge in [-0.05, 0) is 91.5 Å². The van der Waals surface area contributed by atoms with Gasteiger partial charge in [-0.2, -0.15) is 0 Å². The molecule has 0 spiro atoms. The van der Waals surface area contributed by atoms with Gasteiger partial charge < -0.3 is 0 Å². The Morgan fingerprint density at radius 2 is 1.66 bits per heavy atom. The highest BCUT2D eigenvalue weighted by Crippen LogP contribution is 2.43. The van der Waals surface area contributed by atoms with Gasteiger partial charge in [0, 0.05) is 6.07 Å². The van der Waals surface area contributed by atoms with E-state index in [-0.39, 0.29) is 5.82 Å². The van der Waals surface area contributed by atoms with Crippen LogP contribution in [0, 0.1) is 32.0 Å². The van der Waals surface area contributed by atoms with Crippen LogP contribution in [0.2, 0.25) is 0 Å². The van der Waals surface area contributed by atoms with Gasteiger partial charge in [-0.3, -0.25) is 0 Å². The normalized spacial score (nSPS) is 17.1. The van der Waals surface area contributed by atoms with E-state index in [9.17, 15) is 0 Å². The third-order valence-electron chi connectivity index (χ3n) is 7.17. The summed E-state index contributed by atoms with van der Waals surface area (Å²) in [7, 11) is 2.02. The summed E-state index contributed by atoms with van der Waals surface area (Å²) < 4.78 is 17.3. The first-order valence-corrected chi connectivity index (χ1v) is 10.9. The third-order valence-corrected chi connectivity index (χ3v) is 7.17. The van der Waals surface area contributed by atoms with Gasteiger partial charge in [0.25, 0.3) is 0 Å². The highest BCUT2D eigenvalue weighted by Gasteiger charge is 2.28. The van der Waals surface area contributed by atoms with E-state index in [1.54, 1.807) is 0 Å². The lowest BCUT2D eigenvalue weighted by atomic mass is 9.71. The van der Waals surface area contributed by atoms with E-state index in [4.69, 9.17) is 0 Å². The molecule has 0 amide bonds. The number of nitrogens with zero attached hydrogens (tertiary/aromatic N) is 1. The quantitative estimate of drug-likeness (QED) is 0.412. The molecular weight excluding hydrogens is 357 g/mol. The van der Waals surface area contributed by atoms with Crippen molar-refractivity contribution in [1.29, 1.82) is 0 Å². The van der Waals surface area contributed by atoms with E-state index in [1.165, 1.54) is 36.6 Å². The van der Waals surface area contributed by atoms with Crippen molar-refractivity contribution in [3.05, 3.63) is 64.6 Å². The van der Waals surface area contributed by atoms with E-state index in [1.807, 2.05) is 27.0 Å². The first-order chi connectivity index (χ1) is 13.7. The number of halogens is 1. The maximum Gasteiger partial charge on any atom is 0.223 e. The van der Waals surface area contributed by atoms with Crippen molar-refractivity contribution in [3.63, 3.8) is 0 Å². The molecule has 0 bridgehead atoms. The van der Waals surface area contributed by atoms with Crippen LogP contribution in [-0.4, -0.2) is 0 Å². The van der Waals surface area contributed by atoms with E-state index in [2.05, 4.69) is 55.8 Å². The number of fused-ring (bicyclic) bond motifs is 1. The number of aryl methyl sites for hydroxylation is 3. The predicted octanol–water partition coefficient (Wildman–Crippen LogP) is 7.08. The Morgan fingerprint density at radius 3 is 2.34 bits per heavy atom. The summed E-state index contributed by atoms with van der Waals surface area (Å²) in [5, 5.41) is 2.33. The average molecular weight is 391 g/mol. The minimum Gasteiger partial charge on any atom is -0.206 e. The second kappa shape index (κ2) is 7.23. The first kappa shape index (κ1) is 20.1. The van der Waals surface area contributed by atoms with Gasteiger partial charge in [-0.25, -0.2) is 8.96 Å². The van der Waals surface area contributed by atoms with Crippen LogP contribution in [0.15, 0.2) is 36.5 Å². The Morgan fingerprint density at radius 1 is 0.966 bits per heavy atom. The SMILES string of the molecule is Cc1cc(C)c(F)c(-c2c3ccc(C4CCC(C)(C)CC4)cc3cc[n+]2C)c1C. The molecule has 0 aliphatic heterocycles. The van der Waals surface area contributed by atoms with E-state index in [0.29, 0.717) is 16.9 Å².